The van der Waals surface area contributed by atoms with E-state index in [0.29, 0.717) is 49.7 Å². The van der Waals surface area contributed by atoms with Crippen LogP contribution < -0.4 is 9.64 Å². The van der Waals surface area contributed by atoms with Gasteiger partial charge in [0.15, 0.2) is 12.4 Å². The Labute approximate surface area is 174 Å². The number of rotatable bonds is 5. The fourth-order valence-corrected chi connectivity index (χ4v) is 3.80. The van der Waals surface area contributed by atoms with Crippen LogP contribution in [0.5, 0.6) is 5.75 Å². The molecule has 8 heteroatoms. The van der Waals surface area contributed by atoms with Crippen LogP contribution in [0, 0.1) is 5.92 Å². The van der Waals surface area contributed by atoms with Crippen LogP contribution in [-0.2, 0) is 20.9 Å². The van der Waals surface area contributed by atoms with Gasteiger partial charge < -0.3 is 18.8 Å². The highest BCUT2D eigenvalue weighted by molar-refractivity contribution is 5.97. The molecule has 1 saturated heterocycles. The second-order valence-corrected chi connectivity index (χ2v) is 7.32. The molecule has 1 fully saturated rings. The fraction of sp³-hybridized carbons (Fsp3) is 0.409. The van der Waals surface area contributed by atoms with Crippen molar-refractivity contribution in [1.82, 2.24) is 4.90 Å². The van der Waals surface area contributed by atoms with E-state index in [1.807, 2.05) is 24.3 Å². The molecule has 0 radical (unpaired) electrons. The summed E-state index contributed by atoms with van der Waals surface area (Å²) in [6, 6.07) is 10.7. The van der Waals surface area contributed by atoms with Gasteiger partial charge in [0, 0.05) is 13.1 Å². The quantitative estimate of drug-likeness (QED) is 0.702. The van der Waals surface area contributed by atoms with Crippen LogP contribution in [0.2, 0.25) is 0 Å². The Bertz CT molecular complexity index is 945. The SMILES string of the molecule is CCOC(=O)C1CCN(C(=O)c2ccc(CN3C(=O)COc4ccccc43)o2)CC1. The Hall–Kier alpha value is -3.29. The minimum atomic E-state index is -0.211. The lowest BCUT2D eigenvalue weighted by Gasteiger charge is -2.30. The Balaban J connectivity index is 1.40. The minimum Gasteiger partial charge on any atom is -0.482 e. The van der Waals surface area contributed by atoms with E-state index >= 15 is 0 Å². The molecule has 2 aliphatic heterocycles. The normalized spacial score (nSPS) is 16.8. The van der Waals surface area contributed by atoms with E-state index in [-0.39, 0.29) is 42.6 Å². The summed E-state index contributed by atoms with van der Waals surface area (Å²) in [5.41, 5.74) is 0.680. The molecule has 30 heavy (non-hydrogen) atoms. The maximum absolute atomic E-state index is 12.8. The molecule has 1 aromatic heterocycles. The second kappa shape index (κ2) is 8.61. The monoisotopic (exact) mass is 412 g/mol. The Morgan fingerprint density at radius 1 is 1.13 bits per heavy atom. The van der Waals surface area contributed by atoms with E-state index in [0.717, 1.165) is 0 Å². The molecule has 1 aromatic carbocycles. The number of amides is 2. The number of para-hydroxylation sites is 2. The van der Waals surface area contributed by atoms with Gasteiger partial charge in [-0.1, -0.05) is 12.1 Å². The van der Waals surface area contributed by atoms with Crippen molar-refractivity contribution in [1.29, 1.82) is 0 Å². The van der Waals surface area contributed by atoms with Gasteiger partial charge in [-0.15, -0.1) is 0 Å². The zero-order valence-electron chi connectivity index (χ0n) is 16.8. The first-order chi connectivity index (χ1) is 14.6. The lowest BCUT2D eigenvalue weighted by atomic mass is 9.97. The summed E-state index contributed by atoms with van der Waals surface area (Å²) in [6.07, 6.45) is 1.16. The standard InChI is InChI=1S/C22H24N2O6/c1-2-28-22(27)15-9-11-23(12-10-15)21(26)19-8-7-16(30-19)13-24-17-5-3-4-6-18(17)29-14-20(24)25/h3-8,15H,2,9-14H2,1H3. The molecule has 0 saturated carbocycles. The van der Waals surface area contributed by atoms with Crippen molar-refractivity contribution in [3.05, 3.63) is 47.9 Å². The van der Waals surface area contributed by atoms with Gasteiger partial charge in [-0.2, -0.15) is 0 Å². The van der Waals surface area contributed by atoms with Crippen molar-refractivity contribution >= 4 is 23.5 Å². The predicted octanol–water partition coefficient (Wildman–Crippen LogP) is 2.62. The summed E-state index contributed by atoms with van der Waals surface area (Å²) >= 11 is 0. The topological polar surface area (TPSA) is 89.3 Å². The van der Waals surface area contributed by atoms with Crippen LogP contribution in [0.1, 0.15) is 36.1 Å². The van der Waals surface area contributed by atoms with Gasteiger partial charge in [-0.05, 0) is 44.0 Å². The van der Waals surface area contributed by atoms with Crippen LogP contribution in [0.15, 0.2) is 40.8 Å². The molecule has 158 valence electrons. The van der Waals surface area contributed by atoms with Gasteiger partial charge in [0.25, 0.3) is 11.8 Å². The number of likely N-dealkylation sites (tertiary alicyclic amines) is 1. The van der Waals surface area contributed by atoms with Gasteiger partial charge in [0.2, 0.25) is 0 Å². The minimum absolute atomic E-state index is 0.0288. The van der Waals surface area contributed by atoms with Gasteiger partial charge in [-0.3, -0.25) is 19.3 Å². The van der Waals surface area contributed by atoms with E-state index in [1.54, 1.807) is 28.9 Å². The average Bonchev–Trinajstić information content (AvgIpc) is 3.24. The molecule has 4 rings (SSSR count). The number of furan rings is 1. The van der Waals surface area contributed by atoms with Crippen LogP contribution in [0.25, 0.3) is 0 Å². The molecule has 0 unspecified atom stereocenters. The van der Waals surface area contributed by atoms with Gasteiger partial charge >= 0.3 is 5.97 Å². The maximum Gasteiger partial charge on any atom is 0.309 e. The third-order valence-corrected chi connectivity index (χ3v) is 5.40. The van der Waals surface area contributed by atoms with Gasteiger partial charge in [0.1, 0.15) is 11.5 Å². The summed E-state index contributed by atoms with van der Waals surface area (Å²) < 4.78 is 16.3. The smallest absolute Gasteiger partial charge is 0.309 e. The summed E-state index contributed by atoms with van der Waals surface area (Å²) in [4.78, 5) is 40.3. The van der Waals surface area contributed by atoms with Crippen molar-refractivity contribution in [2.24, 2.45) is 5.92 Å². The number of ether oxygens (including phenoxy) is 2. The number of esters is 1. The zero-order chi connectivity index (χ0) is 21.1. The van der Waals surface area contributed by atoms with Crippen molar-refractivity contribution in [2.75, 3.05) is 31.2 Å². The number of hydrogen-bond acceptors (Lipinski definition) is 6. The number of hydrogen-bond donors (Lipinski definition) is 0. The molecular weight excluding hydrogens is 388 g/mol. The summed E-state index contributed by atoms with van der Waals surface area (Å²) in [5, 5.41) is 0. The predicted molar refractivity (Wildman–Crippen MR) is 107 cm³/mol. The molecule has 2 aliphatic rings. The lowest BCUT2D eigenvalue weighted by Crippen LogP contribution is -2.40. The Morgan fingerprint density at radius 3 is 2.67 bits per heavy atom. The van der Waals surface area contributed by atoms with Crippen LogP contribution in [-0.4, -0.2) is 49.0 Å². The molecule has 0 atom stereocenters. The van der Waals surface area contributed by atoms with Crippen LogP contribution in [0.4, 0.5) is 5.69 Å². The number of benzene rings is 1. The van der Waals surface area contributed by atoms with Crippen molar-refractivity contribution < 1.29 is 28.3 Å². The highest BCUT2D eigenvalue weighted by Crippen LogP contribution is 2.32. The second-order valence-electron chi connectivity index (χ2n) is 7.32. The van der Waals surface area contributed by atoms with Crippen molar-refractivity contribution in [2.45, 2.75) is 26.3 Å². The molecule has 2 aromatic rings. The molecule has 0 spiro atoms. The number of carbonyl (C=O) groups excluding carboxylic acids is 3. The molecule has 3 heterocycles. The van der Waals surface area contributed by atoms with Crippen LogP contribution in [0.3, 0.4) is 0 Å². The van der Waals surface area contributed by atoms with E-state index in [1.165, 1.54) is 0 Å². The van der Waals surface area contributed by atoms with E-state index in [4.69, 9.17) is 13.9 Å². The number of carbonyl (C=O) groups is 3. The first-order valence-electron chi connectivity index (χ1n) is 10.1. The van der Waals surface area contributed by atoms with Crippen LogP contribution >= 0.6 is 0 Å². The summed E-state index contributed by atoms with van der Waals surface area (Å²) in [7, 11) is 0. The largest absolute Gasteiger partial charge is 0.482 e. The number of piperidine rings is 1. The van der Waals surface area contributed by atoms with Gasteiger partial charge in [0.05, 0.1) is 24.8 Å². The van der Waals surface area contributed by atoms with E-state index < -0.39 is 0 Å². The van der Waals surface area contributed by atoms with Gasteiger partial charge in [-0.25, -0.2) is 0 Å². The average molecular weight is 412 g/mol. The molecular formula is C22H24N2O6. The maximum atomic E-state index is 12.8. The molecule has 8 nitrogen and oxygen atoms in total. The van der Waals surface area contributed by atoms with Crippen molar-refractivity contribution in [3.63, 3.8) is 0 Å². The highest BCUT2D eigenvalue weighted by Gasteiger charge is 2.30. The summed E-state index contributed by atoms with van der Waals surface area (Å²) in [5.74, 6) is 0.660. The fourth-order valence-electron chi connectivity index (χ4n) is 3.80. The lowest BCUT2D eigenvalue weighted by molar-refractivity contribution is -0.149. The Morgan fingerprint density at radius 2 is 1.90 bits per heavy atom. The highest BCUT2D eigenvalue weighted by atomic mass is 16.5. The first kappa shape index (κ1) is 20.0. The Kier molecular flexibility index (Phi) is 5.74. The zero-order valence-corrected chi connectivity index (χ0v) is 16.8. The molecule has 0 aliphatic carbocycles. The van der Waals surface area contributed by atoms with E-state index in [9.17, 15) is 14.4 Å². The van der Waals surface area contributed by atoms with E-state index in [2.05, 4.69) is 0 Å². The number of fused-ring (bicyclic) bond motifs is 1. The molecule has 0 N–H and O–H groups in total. The number of anilines is 1. The summed E-state index contributed by atoms with van der Waals surface area (Å²) in [6.45, 7) is 3.30. The van der Waals surface area contributed by atoms with Crippen molar-refractivity contribution in [3.8, 4) is 5.75 Å². The number of nitrogens with zero attached hydrogens (tertiary/aromatic N) is 2. The molecule has 0 bridgehead atoms. The third kappa shape index (κ3) is 4.03. The third-order valence-electron chi connectivity index (χ3n) is 5.40. The first-order valence-corrected chi connectivity index (χ1v) is 10.1. The molecule has 2 amide bonds.